The second-order valence-electron chi connectivity index (χ2n) is 7.91. The summed E-state index contributed by atoms with van der Waals surface area (Å²) in [6.45, 7) is 3.45. The Hall–Kier alpha value is -4.33. The fraction of sp³-hybridized carbons (Fsp3) is 0.154. The molecular formula is C26H23FN4O3. The van der Waals surface area contributed by atoms with Crippen LogP contribution in [0, 0.1) is 12.7 Å². The molecule has 1 heterocycles. The average molecular weight is 458 g/mol. The topological polar surface area (TPSA) is 86.0 Å². The molecule has 1 atom stereocenters. The smallest absolute Gasteiger partial charge is 0.346 e. The van der Waals surface area contributed by atoms with E-state index in [0.29, 0.717) is 11.1 Å². The van der Waals surface area contributed by atoms with E-state index in [-0.39, 0.29) is 12.2 Å². The van der Waals surface area contributed by atoms with Gasteiger partial charge in [-0.2, -0.15) is 9.78 Å². The molecule has 0 spiro atoms. The van der Waals surface area contributed by atoms with E-state index in [1.807, 2.05) is 36.4 Å². The third-order valence-electron chi connectivity index (χ3n) is 5.59. The molecule has 34 heavy (non-hydrogen) atoms. The number of carbonyl (C=O) groups is 1. The third kappa shape index (κ3) is 4.56. The van der Waals surface area contributed by atoms with Crippen molar-refractivity contribution in [3.8, 4) is 5.69 Å². The van der Waals surface area contributed by atoms with E-state index in [9.17, 15) is 18.8 Å². The fourth-order valence-electron chi connectivity index (χ4n) is 3.60. The molecule has 8 heteroatoms. The Balaban J connectivity index is 1.85. The number of hydrogen-bond acceptors (Lipinski definition) is 4. The molecule has 3 aromatic carbocycles. The van der Waals surface area contributed by atoms with Gasteiger partial charge in [-0.3, -0.25) is 9.59 Å². The molecule has 0 fully saturated rings. The molecule has 1 aromatic heterocycles. The largest absolute Gasteiger partial charge is 0.352 e. The number of aryl methyl sites for hydroxylation is 1. The van der Waals surface area contributed by atoms with E-state index in [2.05, 4.69) is 10.4 Å². The Morgan fingerprint density at radius 3 is 2.29 bits per heavy atom. The molecule has 0 bridgehead atoms. The number of benzene rings is 3. The van der Waals surface area contributed by atoms with Gasteiger partial charge in [-0.15, -0.1) is 0 Å². The number of hydrogen-bond donors (Lipinski definition) is 1. The Morgan fingerprint density at radius 2 is 1.65 bits per heavy atom. The van der Waals surface area contributed by atoms with E-state index in [0.717, 1.165) is 20.9 Å². The van der Waals surface area contributed by atoms with Gasteiger partial charge >= 0.3 is 5.69 Å². The van der Waals surface area contributed by atoms with Crippen molar-refractivity contribution in [1.29, 1.82) is 0 Å². The van der Waals surface area contributed by atoms with Gasteiger partial charge in [0.15, 0.2) is 0 Å². The summed E-state index contributed by atoms with van der Waals surface area (Å²) in [5.41, 5.74) is -0.0185. The average Bonchev–Trinajstić information content (AvgIpc) is 2.85. The van der Waals surface area contributed by atoms with Crippen LogP contribution >= 0.6 is 0 Å². The van der Waals surface area contributed by atoms with E-state index < -0.39 is 34.7 Å². The number of halogens is 1. The summed E-state index contributed by atoms with van der Waals surface area (Å²) < 4.78 is 16.1. The highest BCUT2D eigenvalue weighted by atomic mass is 19.1. The number of aromatic nitrogens is 3. The first kappa shape index (κ1) is 22.8. The molecule has 4 rings (SSSR count). The highest BCUT2D eigenvalue weighted by Gasteiger charge is 2.24. The summed E-state index contributed by atoms with van der Waals surface area (Å²) in [5.74, 6) is -1.26. The van der Waals surface area contributed by atoms with Gasteiger partial charge in [0.2, 0.25) is 5.69 Å². The molecule has 0 saturated carbocycles. The molecule has 1 amide bonds. The van der Waals surface area contributed by atoms with E-state index >= 15 is 0 Å². The number of rotatable bonds is 6. The van der Waals surface area contributed by atoms with Crippen LogP contribution in [0.2, 0.25) is 0 Å². The fourth-order valence-corrected chi connectivity index (χ4v) is 3.60. The highest BCUT2D eigenvalue weighted by Crippen LogP contribution is 2.15. The zero-order valence-corrected chi connectivity index (χ0v) is 18.7. The van der Waals surface area contributed by atoms with Crippen molar-refractivity contribution in [3.05, 3.63) is 128 Å². The standard InChI is InChI=1S/C26H23FN4O3/c1-17-13-14-21(15-22(17)27)31-26(34)30(18(2)20-11-7-4-8-12-20)25(33)23(29-31)24(32)28-16-19-9-5-3-6-10-19/h3-15,18H,16H2,1-2H3,(H,28,32)/t18-/m1/s1. The monoisotopic (exact) mass is 458 g/mol. The third-order valence-corrected chi connectivity index (χ3v) is 5.59. The zero-order valence-electron chi connectivity index (χ0n) is 18.7. The van der Waals surface area contributed by atoms with Gasteiger partial charge in [0.25, 0.3) is 11.5 Å². The highest BCUT2D eigenvalue weighted by molar-refractivity contribution is 5.91. The van der Waals surface area contributed by atoms with Crippen LogP contribution in [0.25, 0.3) is 5.69 Å². The van der Waals surface area contributed by atoms with Crippen LogP contribution < -0.4 is 16.6 Å². The summed E-state index contributed by atoms with van der Waals surface area (Å²) in [4.78, 5) is 39.7. The Bertz CT molecular complexity index is 1450. The van der Waals surface area contributed by atoms with Crippen molar-refractivity contribution in [2.24, 2.45) is 0 Å². The molecule has 0 aliphatic rings. The maximum Gasteiger partial charge on any atom is 0.352 e. The first-order valence-corrected chi connectivity index (χ1v) is 10.8. The van der Waals surface area contributed by atoms with Crippen molar-refractivity contribution >= 4 is 5.91 Å². The summed E-state index contributed by atoms with van der Waals surface area (Å²) in [7, 11) is 0. The van der Waals surface area contributed by atoms with Gasteiger partial charge in [0.1, 0.15) is 5.82 Å². The first-order chi connectivity index (χ1) is 16.4. The van der Waals surface area contributed by atoms with Gasteiger partial charge < -0.3 is 5.32 Å². The minimum absolute atomic E-state index is 0.110. The van der Waals surface area contributed by atoms with Crippen molar-refractivity contribution in [2.75, 3.05) is 0 Å². The summed E-state index contributed by atoms with van der Waals surface area (Å²) in [6.07, 6.45) is 0. The molecule has 172 valence electrons. The van der Waals surface area contributed by atoms with Crippen LogP contribution in [0.5, 0.6) is 0 Å². The SMILES string of the molecule is Cc1ccc(-n2nc(C(=O)NCc3ccccc3)c(=O)n([C@H](C)c3ccccc3)c2=O)cc1F. The van der Waals surface area contributed by atoms with Gasteiger partial charge in [-0.25, -0.2) is 13.8 Å². The summed E-state index contributed by atoms with van der Waals surface area (Å²) >= 11 is 0. The van der Waals surface area contributed by atoms with E-state index in [4.69, 9.17) is 0 Å². The van der Waals surface area contributed by atoms with Crippen LogP contribution in [-0.2, 0) is 6.54 Å². The maximum atomic E-state index is 14.3. The van der Waals surface area contributed by atoms with Gasteiger partial charge in [0, 0.05) is 12.6 Å². The second-order valence-corrected chi connectivity index (χ2v) is 7.91. The van der Waals surface area contributed by atoms with Crippen molar-refractivity contribution in [2.45, 2.75) is 26.4 Å². The van der Waals surface area contributed by atoms with Crippen LogP contribution in [0.4, 0.5) is 4.39 Å². The van der Waals surface area contributed by atoms with Crippen molar-refractivity contribution < 1.29 is 9.18 Å². The second kappa shape index (κ2) is 9.66. The van der Waals surface area contributed by atoms with Crippen molar-refractivity contribution in [3.63, 3.8) is 0 Å². The minimum atomic E-state index is -0.823. The number of carbonyl (C=O) groups excluding carboxylic acids is 1. The molecule has 0 radical (unpaired) electrons. The lowest BCUT2D eigenvalue weighted by atomic mass is 10.1. The summed E-state index contributed by atoms with van der Waals surface area (Å²) in [6, 6.07) is 21.6. The van der Waals surface area contributed by atoms with Gasteiger partial charge in [-0.1, -0.05) is 66.7 Å². The molecule has 7 nitrogen and oxygen atoms in total. The molecule has 0 aliphatic carbocycles. The Labute approximate surface area is 195 Å². The lowest BCUT2D eigenvalue weighted by Gasteiger charge is -2.18. The molecule has 0 saturated heterocycles. The Kier molecular flexibility index (Phi) is 6.49. The molecule has 0 aliphatic heterocycles. The maximum absolute atomic E-state index is 14.3. The molecular weight excluding hydrogens is 435 g/mol. The lowest BCUT2D eigenvalue weighted by molar-refractivity contribution is 0.0941. The minimum Gasteiger partial charge on any atom is -0.346 e. The van der Waals surface area contributed by atoms with Crippen LogP contribution in [0.15, 0.2) is 88.5 Å². The molecule has 1 N–H and O–H groups in total. The van der Waals surface area contributed by atoms with Crippen LogP contribution in [0.3, 0.4) is 0 Å². The van der Waals surface area contributed by atoms with Crippen LogP contribution in [0.1, 0.15) is 40.1 Å². The first-order valence-electron chi connectivity index (χ1n) is 10.8. The Morgan fingerprint density at radius 1 is 1.00 bits per heavy atom. The summed E-state index contributed by atoms with van der Waals surface area (Å²) in [5, 5.41) is 6.73. The van der Waals surface area contributed by atoms with Crippen LogP contribution in [-0.4, -0.2) is 20.3 Å². The van der Waals surface area contributed by atoms with E-state index in [1.54, 1.807) is 38.1 Å². The molecule has 4 aromatic rings. The quantitative estimate of drug-likeness (QED) is 0.480. The lowest BCUT2D eigenvalue weighted by Crippen LogP contribution is -2.47. The van der Waals surface area contributed by atoms with E-state index in [1.165, 1.54) is 12.1 Å². The normalized spacial score (nSPS) is 11.7. The number of nitrogens with one attached hydrogen (secondary N) is 1. The molecule has 0 unspecified atom stereocenters. The van der Waals surface area contributed by atoms with Crippen molar-refractivity contribution in [1.82, 2.24) is 19.7 Å². The number of nitrogens with zero attached hydrogens (tertiary/aromatic N) is 3. The predicted octanol–water partition coefficient (Wildman–Crippen LogP) is 3.38. The van der Waals surface area contributed by atoms with Gasteiger partial charge in [-0.05, 0) is 36.6 Å². The van der Waals surface area contributed by atoms with Gasteiger partial charge in [0.05, 0.1) is 11.7 Å². The zero-order chi connectivity index (χ0) is 24.2. The number of amides is 1. The predicted molar refractivity (Wildman–Crippen MR) is 127 cm³/mol.